The molecule has 0 atom stereocenters. The highest BCUT2D eigenvalue weighted by molar-refractivity contribution is 14.1. The summed E-state index contributed by atoms with van der Waals surface area (Å²) in [6.45, 7) is 0.157. The van der Waals surface area contributed by atoms with Crippen LogP contribution in [-0.4, -0.2) is 15.9 Å². The third-order valence-electron chi connectivity index (χ3n) is 2.11. The topological polar surface area (TPSA) is 55.0 Å². The van der Waals surface area contributed by atoms with E-state index in [1.807, 2.05) is 12.1 Å². The van der Waals surface area contributed by atoms with Gasteiger partial charge in [0.1, 0.15) is 12.4 Å². The molecule has 0 aliphatic heterocycles. The molecular formula is C11H7I3N2O2. The molecule has 1 heterocycles. The van der Waals surface area contributed by atoms with E-state index in [0.717, 1.165) is 10.7 Å². The van der Waals surface area contributed by atoms with E-state index in [1.165, 1.54) is 0 Å². The Hall–Kier alpha value is 0.0900. The van der Waals surface area contributed by atoms with Crippen LogP contribution in [0.25, 0.3) is 0 Å². The monoisotopic (exact) mass is 580 g/mol. The molecule has 0 spiro atoms. The first kappa shape index (κ1) is 14.5. The summed E-state index contributed by atoms with van der Waals surface area (Å²) in [6.07, 6.45) is 3.32. The maximum atomic E-state index is 12.0. The largest absolute Gasteiger partial charge is 0.454 e. The molecular weight excluding hydrogens is 573 g/mol. The van der Waals surface area contributed by atoms with Crippen molar-refractivity contribution in [3.05, 3.63) is 46.6 Å². The molecule has 0 fully saturated rings. The molecule has 2 rings (SSSR count). The number of aromatic amines is 1. The van der Waals surface area contributed by atoms with Gasteiger partial charge in [-0.05, 0) is 79.9 Å². The van der Waals surface area contributed by atoms with E-state index >= 15 is 0 Å². The number of aromatic nitrogens is 2. The van der Waals surface area contributed by atoms with E-state index in [0.29, 0.717) is 11.4 Å². The lowest BCUT2D eigenvalue weighted by atomic mass is 10.2. The number of halogens is 3. The number of H-pyrrole nitrogens is 1. The van der Waals surface area contributed by atoms with Gasteiger partial charge in [-0.25, -0.2) is 9.78 Å². The SMILES string of the molecule is O=C(OCc1ncc[nH]1)c1cc(I)cc(I)c1I. The number of hydrogen-bond acceptors (Lipinski definition) is 3. The molecule has 0 saturated carbocycles. The first-order valence-electron chi connectivity index (χ1n) is 4.88. The number of nitrogens with one attached hydrogen (secondary N) is 1. The minimum Gasteiger partial charge on any atom is -0.454 e. The lowest BCUT2D eigenvalue weighted by Gasteiger charge is -2.07. The molecule has 2 aromatic rings. The highest BCUT2D eigenvalue weighted by Crippen LogP contribution is 2.23. The summed E-state index contributed by atoms with van der Waals surface area (Å²) in [5.41, 5.74) is 0.596. The van der Waals surface area contributed by atoms with Crippen LogP contribution in [0, 0.1) is 10.7 Å². The van der Waals surface area contributed by atoms with Gasteiger partial charge in [-0.3, -0.25) is 0 Å². The van der Waals surface area contributed by atoms with Crippen molar-refractivity contribution in [3.63, 3.8) is 0 Å². The van der Waals surface area contributed by atoms with E-state index in [4.69, 9.17) is 4.74 Å². The molecule has 0 aliphatic carbocycles. The number of carbonyl (C=O) groups excluding carboxylic acids is 1. The van der Waals surface area contributed by atoms with Gasteiger partial charge in [0.05, 0.1) is 5.56 Å². The van der Waals surface area contributed by atoms with Crippen LogP contribution in [-0.2, 0) is 11.3 Å². The Morgan fingerprint density at radius 3 is 2.78 bits per heavy atom. The molecule has 0 aliphatic rings. The second-order valence-corrected chi connectivity index (χ2v) is 6.85. The van der Waals surface area contributed by atoms with E-state index in [2.05, 4.69) is 77.7 Å². The zero-order chi connectivity index (χ0) is 13.1. The fraction of sp³-hybridized carbons (Fsp3) is 0.0909. The van der Waals surface area contributed by atoms with Gasteiger partial charge in [0.25, 0.3) is 0 Å². The lowest BCUT2D eigenvalue weighted by molar-refractivity contribution is 0.0461. The Morgan fingerprint density at radius 1 is 1.33 bits per heavy atom. The minimum atomic E-state index is -0.327. The number of esters is 1. The number of hydrogen-bond donors (Lipinski definition) is 1. The molecule has 4 nitrogen and oxygen atoms in total. The zero-order valence-electron chi connectivity index (χ0n) is 8.91. The van der Waals surface area contributed by atoms with Crippen molar-refractivity contribution < 1.29 is 9.53 Å². The Labute approximate surface area is 145 Å². The first-order valence-corrected chi connectivity index (χ1v) is 8.11. The number of rotatable bonds is 3. The summed E-state index contributed by atoms with van der Waals surface area (Å²) in [5, 5.41) is 0. The van der Waals surface area contributed by atoms with Gasteiger partial charge in [0.2, 0.25) is 0 Å². The Kier molecular flexibility index (Phi) is 5.24. The summed E-state index contributed by atoms with van der Waals surface area (Å²) < 4.78 is 8.20. The molecule has 1 aromatic carbocycles. The lowest BCUT2D eigenvalue weighted by Crippen LogP contribution is -2.09. The highest BCUT2D eigenvalue weighted by atomic mass is 127. The van der Waals surface area contributed by atoms with Gasteiger partial charge in [-0.15, -0.1) is 0 Å². The summed E-state index contributed by atoms with van der Waals surface area (Å²) in [7, 11) is 0. The first-order chi connectivity index (χ1) is 8.58. The third kappa shape index (κ3) is 3.56. The third-order valence-corrected chi connectivity index (χ3v) is 5.78. The number of ether oxygens (including phenoxy) is 1. The van der Waals surface area contributed by atoms with Crippen LogP contribution in [0.3, 0.4) is 0 Å². The molecule has 1 N–H and O–H groups in total. The molecule has 7 heteroatoms. The molecule has 0 bridgehead atoms. The van der Waals surface area contributed by atoms with Crippen LogP contribution in [0.4, 0.5) is 0 Å². The van der Waals surface area contributed by atoms with Crippen molar-refractivity contribution in [1.29, 1.82) is 0 Å². The van der Waals surface area contributed by atoms with Gasteiger partial charge in [0, 0.05) is 23.1 Å². The number of benzene rings is 1. The van der Waals surface area contributed by atoms with E-state index in [-0.39, 0.29) is 12.6 Å². The zero-order valence-corrected chi connectivity index (χ0v) is 15.4. The van der Waals surface area contributed by atoms with Crippen molar-refractivity contribution >= 4 is 73.7 Å². The predicted molar refractivity (Wildman–Crippen MR) is 92.3 cm³/mol. The number of nitrogens with zero attached hydrogens (tertiary/aromatic N) is 1. The fourth-order valence-corrected chi connectivity index (χ4v) is 3.67. The Balaban J connectivity index is 2.14. The van der Waals surface area contributed by atoms with Crippen molar-refractivity contribution in [2.75, 3.05) is 0 Å². The molecule has 18 heavy (non-hydrogen) atoms. The molecule has 0 saturated heterocycles. The van der Waals surface area contributed by atoms with Crippen molar-refractivity contribution in [2.24, 2.45) is 0 Å². The van der Waals surface area contributed by atoms with Crippen LogP contribution in [0.1, 0.15) is 16.2 Å². The average Bonchev–Trinajstić information content (AvgIpc) is 2.83. The highest BCUT2D eigenvalue weighted by Gasteiger charge is 2.15. The number of imidazole rings is 1. The van der Waals surface area contributed by atoms with Crippen LogP contribution in [0.15, 0.2) is 24.5 Å². The van der Waals surface area contributed by atoms with Gasteiger partial charge < -0.3 is 9.72 Å². The van der Waals surface area contributed by atoms with Crippen LogP contribution in [0.5, 0.6) is 0 Å². The average molecular weight is 580 g/mol. The second kappa shape index (κ2) is 6.50. The Bertz CT molecular complexity index is 570. The van der Waals surface area contributed by atoms with Gasteiger partial charge in [-0.2, -0.15) is 0 Å². The normalized spacial score (nSPS) is 10.4. The summed E-state index contributed by atoms with van der Waals surface area (Å²) >= 11 is 6.55. The van der Waals surface area contributed by atoms with Gasteiger partial charge >= 0.3 is 5.97 Å². The van der Waals surface area contributed by atoms with Crippen molar-refractivity contribution in [3.8, 4) is 0 Å². The van der Waals surface area contributed by atoms with E-state index in [1.54, 1.807) is 12.4 Å². The maximum absolute atomic E-state index is 12.0. The van der Waals surface area contributed by atoms with Gasteiger partial charge in [-0.1, -0.05) is 0 Å². The fourth-order valence-electron chi connectivity index (χ4n) is 1.29. The molecule has 0 unspecified atom stereocenters. The maximum Gasteiger partial charge on any atom is 0.339 e. The molecule has 94 valence electrons. The summed E-state index contributed by atoms with van der Waals surface area (Å²) in [5.74, 6) is 0.311. The van der Waals surface area contributed by atoms with E-state index < -0.39 is 0 Å². The predicted octanol–water partition coefficient (Wildman–Crippen LogP) is 3.58. The van der Waals surface area contributed by atoms with Gasteiger partial charge in [0.15, 0.2) is 0 Å². The second-order valence-electron chi connectivity index (χ2n) is 3.36. The standard InChI is InChI=1S/C11H7I3N2O2/c12-6-3-7(10(14)8(13)4-6)11(17)18-5-9-15-1-2-16-9/h1-4H,5H2,(H,15,16). The Morgan fingerprint density at radius 2 is 2.11 bits per heavy atom. The summed E-state index contributed by atoms with van der Waals surface area (Å²) in [4.78, 5) is 18.9. The van der Waals surface area contributed by atoms with Crippen LogP contribution in [0.2, 0.25) is 0 Å². The van der Waals surface area contributed by atoms with Crippen molar-refractivity contribution in [2.45, 2.75) is 6.61 Å². The van der Waals surface area contributed by atoms with E-state index in [9.17, 15) is 4.79 Å². The summed E-state index contributed by atoms with van der Waals surface area (Å²) in [6, 6.07) is 3.85. The quantitative estimate of drug-likeness (QED) is 0.344. The minimum absolute atomic E-state index is 0.157. The molecule has 0 amide bonds. The smallest absolute Gasteiger partial charge is 0.339 e. The molecule has 1 aromatic heterocycles. The van der Waals surface area contributed by atoms with Crippen LogP contribution >= 0.6 is 67.8 Å². The number of carbonyl (C=O) groups is 1. The van der Waals surface area contributed by atoms with Crippen molar-refractivity contribution in [1.82, 2.24) is 9.97 Å². The molecule has 0 radical (unpaired) electrons. The van der Waals surface area contributed by atoms with Crippen LogP contribution < -0.4 is 0 Å².